The largest absolute Gasteiger partial charge is 0.389 e. The molecule has 0 bridgehead atoms. The lowest BCUT2D eigenvalue weighted by Gasteiger charge is -2.08. The molecule has 1 heterocycles. The molecular weight excluding hydrogens is 279 g/mol. The van der Waals surface area contributed by atoms with E-state index in [1.54, 1.807) is 0 Å². The molecule has 0 amide bonds. The van der Waals surface area contributed by atoms with Gasteiger partial charge in [0.05, 0.1) is 17.6 Å². The number of halogens is 3. The van der Waals surface area contributed by atoms with Gasteiger partial charge in [0.25, 0.3) is 0 Å². The number of nitrogens with one attached hydrogen (secondary N) is 1. The van der Waals surface area contributed by atoms with E-state index in [1.807, 2.05) is 24.3 Å². The zero-order valence-corrected chi connectivity index (χ0v) is 12.1. The van der Waals surface area contributed by atoms with Crippen molar-refractivity contribution in [1.29, 1.82) is 0 Å². The summed E-state index contributed by atoms with van der Waals surface area (Å²) in [5.74, 6) is 0.925. The molecule has 0 spiro atoms. The van der Waals surface area contributed by atoms with Crippen LogP contribution in [0.1, 0.15) is 32.0 Å². The molecule has 1 N–H and O–H groups in total. The van der Waals surface area contributed by atoms with Crippen molar-refractivity contribution in [3.63, 3.8) is 0 Å². The Hall–Kier alpha value is -1.56. The van der Waals surface area contributed by atoms with Gasteiger partial charge in [-0.05, 0) is 38.4 Å². The minimum atomic E-state index is -4.05. The number of benzene rings is 1. The third-order valence-electron chi connectivity index (χ3n) is 3.40. The standard InChI is InChI=1S/C15H20F3N3/c1-2-21-13-8-4-3-7-12(13)20-14(21)11-19-10-6-5-9-15(16,17)18/h3-4,7-8,19H,2,5-6,9-11H2,1H3. The van der Waals surface area contributed by atoms with Crippen molar-refractivity contribution in [3.05, 3.63) is 30.1 Å². The van der Waals surface area contributed by atoms with E-state index in [1.165, 1.54) is 0 Å². The third-order valence-corrected chi connectivity index (χ3v) is 3.40. The molecule has 2 rings (SSSR count). The van der Waals surface area contributed by atoms with Gasteiger partial charge in [-0.1, -0.05) is 12.1 Å². The molecule has 1 aromatic heterocycles. The smallest absolute Gasteiger partial charge is 0.327 e. The van der Waals surface area contributed by atoms with Crippen LogP contribution >= 0.6 is 0 Å². The highest BCUT2D eigenvalue weighted by atomic mass is 19.4. The molecule has 3 nitrogen and oxygen atoms in total. The van der Waals surface area contributed by atoms with Gasteiger partial charge in [-0.15, -0.1) is 0 Å². The Morgan fingerprint density at radius 3 is 2.67 bits per heavy atom. The summed E-state index contributed by atoms with van der Waals surface area (Å²) in [5.41, 5.74) is 2.04. The predicted molar refractivity (Wildman–Crippen MR) is 77.0 cm³/mol. The van der Waals surface area contributed by atoms with Crippen molar-refractivity contribution >= 4 is 11.0 Å². The summed E-state index contributed by atoms with van der Waals surface area (Å²) < 4.78 is 38.2. The van der Waals surface area contributed by atoms with E-state index in [0.29, 0.717) is 19.5 Å². The second-order valence-electron chi connectivity index (χ2n) is 5.01. The highest BCUT2D eigenvalue weighted by Crippen LogP contribution is 2.22. The lowest BCUT2D eigenvalue weighted by atomic mass is 10.2. The van der Waals surface area contributed by atoms with Crippen LogP contribution in [0, 0.1) is 0 Å². The van der Waals surface area contributed by atoms with E-state index in [2.05, 4.69) is 21.8 Å². The molecule has 0 saturated carbocycles. The molecule has 21 heavy (non-hydrogen) atoms. The number of rotatable bonds is 7. The summed E-state index contributed by atoms with van der Waals surface area (Å²) in [6.07, 6.45) is -4.06. The van der Waals surface area contributed by atoms with Gasteiger partial charge in [0, 0.05) is 13.0 Å². The monoisotopic (exact) mass is 299 g/mol. The van der Waals surface area contributed by atoms with Crippen LogP contribution in [-0.2, 0) is 13.1 Å². The zero-order chi connectivity index (χ0) is 15.3. The highest BCUT2D eigenvalue weighted by Gasteiger charge is 2.25. The first kappa shape index (κ1) is 15.8. The number of para-hydroxylation sites is 2. The van der Waals surface area contributed by atoms with Crippen LogP contribution in [0.4, 0.5) is 13.2 Å². The minimum Gasteiger partial charge on any atom is -0.327 e. The van der Waals surface area contributed by atoms with Crippen molar-refractivity contribution in [2.24, 2.45) is 0 Å². The summed E-state index contributed by atoms with van der Waals surface area (Å²) in [5, 5.41) is 3.17. The molecule has 0 atom stereocenters. The van der Waals surface area contributed by atoms with Crippen LogP contribution in [-0.4, -0.2) is 22.3 Å². The molecule has 0 saturated heterocycles. The Bertz CT molecular complexity index is 575. The topological polar surface area (TPSA) is 29.9 Å². The number of imidazole rings is 1. The van der Waals surface area contributed by atoms with E-state index in [-0.39, 0.29) is 6.42 Å². The molecule has 0 fully saturated rings. The minimum absolute atomic E-state index is 0.167. The van der Waals surface area contributed by atoms with E-state index in [4.69, 9.17) is 0 Å². The first-order valence-electron chi connectivity index (χ1n) is 7.23. The maximum atomic E-state index is 12.0. The number of nitrogens with zero attached hydrogens (tertiary/aromatic N) is 2. The molecule has 0 aliphatic heterocycles. The lowest BCUT2D eigenvalue weighted by Crippen LogP contribution is -2.18. The van der Waals surface area contributed by atoms with Crippen LogP contribution in [0.25, 0.3) is 11.0 Å². The summed E-state index contributed by atoms with van der Waals surface area (Å²) in [7, 11) is 0. The summed E-state index contributed by atoms with van der Waals surface area (Å²) in [6.45, 7) is 4.03. The van der Waals surface area contributed by atoms with Crippen LogP contribution in [0.3, 0.4) is 0 Å². The maximum absolute atomic E-state index is 12.0. The molecule has 6 heteroatoms. The van der Waals surface area contributed by atoms with Gasteiger partial charge in [-0.2, -0.15) is 13.2 Å². The van der Waals surface area contributed by atoms with Gasteiger partial charge >= 0.3 is 6.18 Å². The Labute approximate surface area is 122 Å². The van der Waals surface area contributed by atoms with Gasteiger partial charge in [0.2, 0.25) is 0 Å². The van der Waals surface area contributed by atoms with E-state index >= 15 is 0 Å². The number of hydrogen-bond acceptors (Lipinski definition) is 2. The van der Waals surface area contributed by atoms with Gasteiger partial charge < -0.3 is 9.88 Å². The predicted octanol–water partition coefficient (Wildman–Crippen LogP) is 3.88. The van der Waals surface area contributed by atoms with Gasteiger partial charge in [-0.3, -0.25) is 0 Å². The van der Waals surface area contributed by atoms with Gasteiger partial charge in [0.1, 0.15) is 5.82 Å². The van der Waals surface area contributed by atoms with Crippen LogP contribution in [0.5, 0.6) is 0 Å². The number of aryl methyl sites for hydroxylation is 1. The highest BCUT2D eigenvalue weighted by molar-refractivity contribution is 5.75. The summed E-state index contributed by atoms with van der Waals surface area (Å²) in [4.78, 5) is 4.56. The van der Waals surface area contributed by atoms with Crippen molar-refractivity contribution in [1.82, 2.24) is 14.9 Å². The molecular formula is C15H20F3N3. The number of aromatic nitrogens is 2. The van der Waals surface area contributed by atoms with Crippen molar-refractivity contribution < 1.29 is 13.2 Å². The fourth-order valence-electron chi connectivity index (χ4n) is 2.39. The Morgan fingerprint density at radius 2 is 1.95 bits per heavy atom. The summed E-state index contributed by atoms with van der Waals surface area (Å²) >= 11 is 0. The van der Waals surface area contributed by atoms with Crippen LogP contribution in [0.15, 0.2) is 24.3 Å². The molecule has 0 radical (unpaired) electrons. The SMILES string of the molecule is CCn1c(CNCCCCC(F)(F)F)nc2ccccc21. The first-order chi connectivity index (χ1) is 10.0. The lowest BCUT2D eigenvalue weighted by molar-refractivity contribution is -0.135. The second kappa shape index (κ2) is 6.93. The van der Waals surface area contributed by atoms with Crippen LogP contribution in [0.2, 0.25) is 0 Å². The second-order valence-corrected chi connectivity index (χ2v) is 5.01. The molecule has 0 unspecified atom stereocenters. The van der Waals surface area contributed by atoms with Crippen LogP contribution < -0.4 is 5.32 Å². The average molecular weight is 299 g/mol. The fraction of sp³-hybridized carbons (Fsp3) is 0.533. The zero-order valence-electron chi connectivity index (χ0n) is 12.1. The molecule has 2 aromatic rings. The van der Waals surface area contributed by atoms with Gasteiger partial charge in [-0.25, -0.2) is 4.98 Å². The van der Waals surface area contributed by atoms with Crippen molar-refractivity contribution in [2.45, 2.75) is 45.5 Å². The maximum Gasteiger partial charge on any atom is 0.389 e. The number of unbranched alkanes of at least 4 members (excludes halogenated alkanes) is 1. The summed E-state index contributed by atoms with van der Waals surface area (Å²) in [6, 6.07) is 7.92. The number of fused-ring (bicyclic) bond motifs is 1. The van der Waals surface area contributed by atoms with Gasteiger partial charge in [0.15, 0.2) is 0 Å². The third kappa shape index (κ3) is 4.46. The molecule has 116 valence electrons. The normalized spacial score (nSPS) is 12.2. The first-order valence-corrected chi connectivity index (χ1v) is 7.23. The van der Waals surface area contributed by atoms with E-state index in [9.17, 15) is 13.2 Å². The van der Waals surface area contributed by atoms with Crippen molar-refractivity contribution in [2.75, 3.05) is 6.54 Å². The number of hydrogen-bond donors (Lipinski definition) is 1. The fourth-order valence-corrected chi connectivity index (χ4v) is 2.39. The molecule has 1 aromatic carbocycles. The van der Waals surface area contributed by atoms with Crippen molar-refractivity contribution in [3.8, 4) is 0 Å². The average Bonchev–Trinajstić information content (AvgIpc) is 2.78. The molecule has 0 aliphatic rings. The molecule has 0 aliphatic carbocycles. The number of alkyl halides is 3. The Balaban J connectivity index is 1.83. The van der Waals surface area contributed by atoms with E-state index < -0.39 is 12.6 Å². The Kier molecular flexibility index (Phi) is 5.22. The van der Waals surface area contributed by atoms with E-state index in [0.717, 1.165) is 23.4 Å². The quantitative estimate of drug-likeness (QED) is 0.786. The Morgan fingerprint density at radius 1 is 1.19 bits per heavy atom.